The molecule has 0 bridgehead atoms. The molecule has 0 saturated carbocycles. The van der Waals surface area contributed by atoms with Gasteiger partial charge in [-0.3, -0.25) is 0 Å². The number of carboxylic acid groups (broad SMARTS) is 1. The number of hydrogen-bond acceptors (Lipinski definition) is 3. The molecule has 0 spiro atoms. The lowest BCUT2D eigenvalue weighted by Gasteiger charge is -2.13. The van der Waals surface area contributed by atoms with E-state index in [9.17, 15) is 4.79 Å². The SMILES string of the molecule is C=CCCCOc1c(/C=C/C(=O)O)cc(Cl)cc1OC. The van der Waals surface area contributed by atoms with Crippen LogP contribution in [0.4, 0.5) is 0 Å². The molecule has 5 heteroatoms. The molecule has 0 amide bonds. The second-order valence-corrected chi connectivity index (χ2v) is 4.41. The summed E-state index contributed by atoms with van der Waals surface area (Å²) in [4.78, 5) is 10.6. The minimum Gasteiger partial charge on any atom is -0.493 e. The fourth-order valence-corrected chi connectivity index (χ4v) is 1.80. The number of rotatable bonds is 8. The van der Waals surface area contributed by atoms with Gasteiger partial charge in [-0.15, -0.1) is 6.58 Å². The zero-order chi connectivity index (χ0) is 15.0. The highest BCUT2D eigenvalue weighted by Crippen LogP contribution is 2.35. The molecule has 0 heterocycles. The Bertz CT molecular complexity index is 509. The molecule has 0 atom stereocenters. The van der Waals surface area contributed by atoms with E-state index in [-0.39, 0.29) is 0 Å². The summed E-state index contributed by atoms with van der Waals surface area (Å²) in [5.41, 5.74) is 0.565. The average molecular weight is 297 g/mol. The molecular formula is C15H17ClO4. The van der Waals surface area contributed by atoms with Gasteiger partial charge in [0.15, 0.2) is 11.5 Å². The molecule has 1 rings (SSSR count). The van der Waals surface area contributed by atoms with Gasteiger partial charge >= 0.3 is 5.97 Å². The van der Waals surface area contributed by atoms with E-state index in [1.54, 1.807) is 12.1 Å². The van der Waals surface area contributed by atoms with Crippen molar-refractivity contribution in [2.75, 3.05) is 13.7 Å². The van der Waals surface area contributed by atoms with Gasteiger partial charge in [0.05, 0.1) is 13.7 Å². The van der Waals surface area contributed by atoms with Crippen molar-refractivity contribution in [1.29, 1.82) is 0 Å². The van der Waals surface area contributed by atoms with Crippen LogP contribution >= 0.6 is 11.6 Å². The van der Waals surface area contributed by atoms with Gasteiger partial charge in [0, 0.05) is 22.7 Å². The number of carbonyl (C=O) groups is 1. The largest absolute Gasteiger partial charge is 0.493 e. The van der Waals surface area contributed by atoms with Crippen LogP contribution in [-0.2, 0) is 4.79 Å². The Balaban J connectivity index is 3.02. The monoisotopic (exact) mass is 296 g/mol. The van der Waals surface area contributed by atoms with Crippen LogP contribution in [0.25, 0.3) is 6.08 Å². The first-order chi connectivity index (χ1) is 9.58. The lowest BCUT2D eigenvalue weighted by molar-refractivity contribution is -0.131. The average Bonchev–Trinajstić information content (AvgIpc) is 2.42. The van der Waals surface area contributed by atoms with E-state index in [0.717, 1.165) is 18.9 Å². The lowest BCUT2D eigenvalue weighted by Crippen LogP contribution is -2.01. The van der Waals surface area contributed by atoms with Crippen LogP contribution < -0.4 is 9.47 Å². The van der Waals surface area contributed by atoms with Gasteiger partial charge < -0.3 is 14.6 Å². The Hall–Kier alpha value is -1.94. The quantitative estimate of drug-likeness (QED) is 0.450. The molecule has 20 heavy (non-hydrogen) atoms. The number of benzene rings is 1. The lowest BCUT2D eigenvalue weighted by atomic mass is 10.1. The summed E-state index contributed by atoms with van der Waals surface area (Å²) >= 11 is 5.97. The Morgan fingerprint density at radius 1 is 1.50 bits per heavy atom. The Morgan fingerprint density at radius 2 is 2.25 bits per heavy atom. The highest BCUT2D eigenvalue weighted by atomic mass is 35.5. The molecule has 0 aromatic heterocycles. The fraction of sp³-hybridized carbons (Fsp3) is 0.267. The Morgan fingerprint density at radius 3 is 2.85 bits per heavy atom. The number of ether oxygens (including phenoxy) is 2. The third kappa shape index (κ3) is 4.97. The topological polar surface area (TPSA) is 55.8 Å². The van der Waals surface area contributed by atoms with Crippen LogP contribution in [0.2, 0.25) is 5.02 Å². The van der Waals surface area contributed by atoms with Crippen LogP contribution in [-0.4, -0.2) is 24.8 Å². The van der Waals surface area contributed by atoms with Crippen molar-refractivity contribution in [1.82, 2.24) is 0 Å². The predicted octanol–water partition coefficient (Wildman–Crippen LogP) is 3.79. The first kappa shape index (κ1) is 16.1. The van der Waals surface area contributed by atoms with Gasteiger partial charge in [0.1, 0.15) is 0 Å². The van der Waals surface area contributed by atoms with Gasteiger partial charge in [0.2, 0.25) is 0 Å². The minimum absolute atomic E-state index is 0.449. The van der Waals surface area contributed by atoms with E-state index in [0.29, 0.717) is 28.7 Å². The number of carboxylic acids is 1. The molecule has 0 aliphatic heterocycles. The third-order valence-electron chi connectivity index (χ3n) is 2.47. The van der Waals surface area contributed by atoms with E-state index < -0.39 is 5.97 Å². The van der Waals surface area contributed by atoms with Crippen LogP contribution in [0, 0.1) is 0 Å². The molecule has 0 unspecified atom stereocenters. The fourth-order valence-electron chi connectivity index (χ4n) is 1.58. The molecule has 0 radical (unpaired) electrons. The van der Waals surface area contributed by atoms with Crippen LogP contribution in [0.3, 0.4) is 0 Å². The van der Waals surface area contributed by atoms with E-state index in [1.807, 2.05) is 6.08 Å². The summed E-state index contributed by atoms with van der Waals surface area (Å²) in [6.45, 7) is 4.13. The molecule has 0 saturated heterocycles. The number of hydrogen-bond donors (Lipinski definition) is 1. The summed E-state index contributed by atoms with van der Waals surface area (Å²) in [5.74, 6) is -0.0823. The normalized spacial score (nSPS) is 10.5. The van der Waals surface area contributed by atoms with Crippen LogP contribution in [0.5, 0.6) is 11.5 Å². The van der Waals surface area contributed by atoms with Crippen molar-refractivity contribution < 1.29 is 19.4 Å². The number of halogens is 1. The first-order valence-corrected chi connectivity index (χ1v) is 6.48. The standard InChI is InChI=1S/C15H17ClO4/c1-3-4-5-8-20-15-11(6-7-14(17)18)9-12(16)10-13(15)19-2/h3,6-7,9-10H,1,4-5,8H2,2H3,(H,17,18)/b7-6+. The second kappa shape index (κ2) is 8.27. The molecule has 0 aliphatic rings. The van der Waals surface area contributed by atoms with Crippen molar-refractivity contribution in [3.63, 3.8) is 0 Å². The van der Waals surface area contributed by atoms with Gasteiger partial charge in [0.25, 0.3) is 0 Å². The molecule has 1 aromatic rings. The first-order valence-electron chi connectivity index (χ1n) is 6.10. The smallest absolute Gasteiger partial charge is 0.328 e. The second-order valence-electron chi connectivity index (χ2n) is 3.98. The maximum Gasteiger partial charge on any atom is 0.328 e. The van der Waals surface area contributed by atoms with Crippen molar-refractivity contribution in [3.8, 4) is 11.5 Å². The van der Waals surface area contributed by atoms with E-state index in [4.69, 9.17) is 26.2 Å². The van der Waals surface area contributed by atoms with Crippen LogP contribution in [0.15, 0.2) is 30.9 Å². The number of methoxy groups -OCH3 is 1. The molecule has 108 valence electrons. The minimum atomic E-state index is -1.04. The molecule has 0 aliphatic carbocycles. The number of allylic oxidation sites excluding steroid dienone is 1. The summed E-state index contributed by atoms with van der Waals surface area (Å²) < 4.78 is 10.9. The maximum absolute atomic E-state index is 10.6. The predicted molar refractivity (Wildman–Crippen MR) is 79.6 cm³/mol. The van der Waals surface area contributed by atoms with E-state index in [1.165, 1.54) is 13.2 Å². The van der Waals surface area contributed by atoms with Gasteiger partial charge in [-0.25, -0.2) is 4.79 Å². The highest BCUT2D eigenvalue weighted by Gasteiger charge is 2.11. The molecule has 4 nitrogen and oxygen atoms in total. The maximum atomic E-state index is 10.6. The van der Waals surface area contributed by atoms with E-state index in [2.05, 4.69) is 6.58 Å². The molecule has 1 N–H and O–H groups in total. The highest BCUT2D eigenvalue weighted by molar-refractivity contribution is 6.31. The molecule has 0 fully saturated rings. The van der Waals surface area contributed by atoms with Gasteiger partial charge in [-0.05, 0) is 25.0 Å². The number of unbranched alkanes of at least 4 members (excludes halogenated alkanes) is 1. The number of aliphatic carboxylic acids is 1. The zero-order valence-corrected chi connectivity index (χ0v) is 12.0. The summed E-state index contributed by atoms with van der Waals surface area (Å²) in [6.07, 6.45) is 5.93. The van der Waals surface area contributed by atoms with Crippen molar-refractivity contribution in [2.45, 2.75) is 12.8 Å². The van der Waals surface area contributed by atoms with Crippen molar-refractivity contribution in [2.24, 2.45) is 0 Å². The summed E-state index contributed by atoms with van der Waals surface area (Å²) in [6, 6.07) is 3.26. The zero-order valence-electron chi connectivity index (χ0n) is 11.3. The van der Waals surface area contributed by atoms with E-state index >= 15 is 0 Å². The summed E-state index contributed by atoms with van der Waals surface area (Å²) in [5, 5.41) is 9.15. The van der Waals surface area contributed by atoms with Crippen molar-refractivity contribution in [3.05, 3.63) is 41.4 Å². The van der Waals surface area contributed by atoms with Gasteiger partial charge in [-0.2, -0.15) is 0 Å². The van der Waals surface area contributed by atoms with Gasteiger partial charge in [-0.1, -0.05) is 17.7 Å². The molecular weight excluding hydrogens is 280 g/mol. The van der Waals surface area contributed by atoms with Crippen LogP contribution in [0.1, 0.15) is 18.4 Å². The Labute approximate surface area is 123 Å². The third-order valence-corrected chi connectivity index (χ3v) is 2.69. The van der Waals surface area contributed by atoms with Crippen molar-refractivity contribution >= 4 is 23.6 Å². The Kier molecular flexibility index (Phi) is 6.67. The summed E-state index contributed by atoms with van der Waals surface area (Å²) in [7, 11) is 1.51. The molecule has 1 aromatic carbocycles.